The number of nitrogen functional groups attached to an aromatic ring is 1. The maximum atomic E-state index is 12.1. The summed E-state index contributed by atoms with van der Waals surface area (Å²) in [5, 5.41) is 12.8. The van der Waals surface area contributed by atoms with E-state index in [0.29, 0.717) is 16.9 Å². The number of aryl methyl sites for hydroxylation is 1. The highest BCUT2D eigenvalue weighted by molar-refractivity contribution is 7.98. The number of hydrogen-bond donors (Lipinski definition) is 3. The molecule has 2 heterocycles. The lowest BCUT2D eigenvalue weighted by Crippen LogP contribution is -2.15. The van der Waals surface area contributed by atoms with Gasteiger partial charge in [-0.05, 0) is 18.6 Å². The summed E-state index contributed by atoms with van der Waals surface area (Å²) in [5.41, 5.74) is 8.24. The lowest BCUT2D eigenvalue weighted by molar-refractivity contribution is -0.115. The summed E-state index contributed by atoms with van der Waals surface area (Å²) in [6.45, 7) is 1.96. The number of carbonyl (C=O) groups is 1. The second-order valence-corrected chi connectivity index (χ2v) is 6.95. The number of thiazole rings is 1. The van der Waals surface area contributed by atoms with Gasteiger partial charge in [0.2, 0.25) is 17.0 Å². The topological polar surface area (TPSA) is 110 Å². The molecule has 124 valence electrons. The number of aromatic amines is 1. The van der Waals surface area contributed by atoms with Crippen LogP contribution >= 0.6 is 23.1 Å². The van der Waals surface area contributed by atoms with Gasteiger partial charge in [-0.1, -0.05) is 30.0 Å². The van der Waals surface area contributed by atoms with Crippen molar-refractivity contribution < 1.29 is 4.79 Å². The minimum absolute atomic E-state index is 0.0698. The van der Waals surface area contributed by atoms with Gasteiger partial charge in [0.1, 0.15) is 5.01 Å². The molecule has 0 fully saturated rings. The van der Waals surface area contributed by atoms with Gasteiger partial charge >= 0.3 is 0 Å². The van der Waals surface area contributed by atoms with Gasteiger partial charge in [0.25, 0.3) is 0 Å². The molecule has 24 heavy (non-hydrogen) atoms. The van der Waals surface area contributed by atoms with E-state index < -0.39 is 0 Å². The molecule has 0 atom stereocenters. The van der Waals surface area contributed by atoms with Crippen LogP contribution in [0.4, 0.5) is 11.6 Å². The maximum Gasteiger partial charge on any atom is 0.231 e. The van der Waals surface area contributed by atoms with Crippen LogP contribution in [0, 0.1) is 6.92 Å². The summed E-state index contributed by atoms with van der Waals surface area (Å²) < 4.78 is 0. The van der Waals surface area contributed by atoms with Gasteiger partial charge in [0.05, 0.1) is 12.1 Å². The SMILES string of the molecule is Cc1ccccc1NC(=O)Cc1nc(CSc2n[nH]c(N)n2)cs1. The standard InChI is InChI=1S/C15H16N6OS2/c1-9-4-2-3-5-11(9)18-12(22)6-13-17-10(7-23-13)8-24-15-19-14(16)20-21-15/h2-5,7H,6,8H2,1H3,(H,18,22)(H3,16,19,20,21). The van der Waals surface area contributed by atoms with Gasteiger partial charge in [-0.2, -0.15) is 4.98 Å². The van der Waals surface area contributed by atoms with Crippen molar-refractivity contribution in [3.63, 3.8) is 0 Å². The van der Waals surface area contributed by atoms with Crippen molar-refractivity contribution in [2.24, 2.45) is 0 Å². The Morgan fingerprint density at radius 2 is 2.21 bits per heavy atom. The Labute approximate surface area is 147 Å². The largest absolute Gasteiger partial charge is 0.368 e. The summed E-state index contributed by atoms with van der Waals surface area (Å²) in [6.07, 6.45) is 0.261. The number of carbonyl (C=O) groups excluding carboxylic acids is 1. The number of anilines is 2. The predicted molar refractivity (Wildman–Crippen MR) is 96.0 cm³/mol. The molecule has 0 spiro atoms. The normalized spacial score (nSPS) is 10.7. The minimum Gasteiger partial charge on any atom is -0.368 e. The molecule has 0 aliphatic rings. The van der Waals surface area contributed by atoms with Gasteiger partial charge in [-0.3, -0.25) is 4.79 Å². The zero-order valence-electron chi connectivity index (χ0n) is 12.9. The van der Waals surface area contributed by atoms with Crippen LogP contribution in [-0.2, 0) is 17.0 Å². The first kappa shape index (κ1) is 16.5. The van der Waals surface area contributed by atoms with Crippen molar-refractivity contribution in [2.45, 2.75) is 24.3 Å². The van der Waals surface area contributed by atoms with Crippen LogP contribution in [0.3, 0.4) is 0 Å². The fraction of sp³-hybridized carbons (Fsp3) is 0.200. The Kier molecular flexibility index (Phi) is 5.11. The van der Waals surface area contributed by atoms with Crippen molar-refractivity contribution in [1.82, 2.24) is 20.2 Å². The van der Waals surface area contributed by atoms with E-state index in [2.05, 4.69) is 25.5 Å². The van der Waals surface area contributed by atoms with Crippen LogP contribution < -0.4 is 11.1 Å². The quantitative estimate of drug-likeness (QED) is 0.583. The monoisotopic (exact) mass is 360 g/mol. The van der Waals surface area contributed by atoms with E-state index in [9.17, 15) is 4.79 Å². The van der Waals surface area contributed by atoms with Gasteiger partial charge in [0.15, 0.2) is 0 Å². The molecule has 0 saturated heterocycles. The van der Waals surface area contributed by atoms with E-state index in [-0.39, 0.29) is 12.3 Å². The van der Waals surface area contributed by atoms with Crippen LogP contribution in [0.25, 0.3) is 0 Å². The number of para-hydroxylation sites is 1. The number of rotatable bonds is 6. The Morgan fingerprint density at radius 3 is 2.96 bits per heavy atom. The van der Waals surface area contributed by atoms with Gasteiger partial charge < -0.3 is 11.1 Å². The van der Waals surface area contributed by atoms with E-state index in [1.165, 1.54) is 23.1 Å². The Balaban J connectivity index is 1.53. The number of aromatic nitrogens is 4. The first-order chi connectivity index (χ1) is 11.6. The molecule has 3 rings (SSSR count). The van der Waals surface area contributed by atoms with Crippen LogP contribution in [0.5, 0.6) is 0 Å². The molecule has 1 aromatic carbocycles. The highest BCUT2D eigenvalue weighted by Gasteiger charge is 2.10. The zero-order valence-corrected chi connectivity index (χ0v) is 14.6. The lowest BCUT2D eigenvalue weighted by Gasteiger charge is -2.06. The predicted octanol–water partition coefficient (Wildman–Crippen LogP) is 2.63. The second kappa shape index (κ2) is 7.45. The van der Waals surface area contributed by atoms with Gasteiger partial charge in [-0.25, -0.2) is 10.1 Å². The number of H-pyrrole nitrogens is 1. The molecule has 0 saturated carbocycles. The van der Waals surface area contributed by atoms with Gasteiger partial charge in [0, 0.05) is 16.8 Å². The Morgan fingerprint density at radius 1 is 1.38 bits per heavy atom. The summed E-state index contributed by atoms with van der Waals surface area (Å²) in [4.78, 5) is 20.6. The molecular formula is C15H16N6OS2. The molecule has 4 N–H and O–H groups in total. The Hall–Kier alpha value is -2.39. The first-order valence-electron chi connectivity index (χ1n) is 7.19. The molecule has 0 aliphatic heterocycles. The summed E-state index contributed by atoms with van der Waals surface area (Å²) >= 11 is 2.92. The van der Waals surface area contributed by atoms with E-state index in [1.54, 1.807) is 0 Å². The van der Waals surface area contributed by atoms with Gasteiger partial charge in [-0.15, -0.1) is 16.4 Å². The van der Waals surface area contributed by atoms with Crippen molar-refractivity contribution in [3.8, 4) is 0 Å². The maximum absolute atomic E-state index is 12.1. The van der Waals surface area contributed by atoms with Crippen LogP contribution in [0.15, 0.2) is 34.8 Å². The highest BCUT2D eigenvalue weighted by atomic mass is 32.2. The lowest BCUT2D eigenvalue weighted by atomic mass is 10.2. The average Bonchev–Trinajstić information content (AvgIpc) is 3.16. The van der Waals surface area contributed by atoms with Crippen LogP contribution in [0.2, 0.25) is 0 Å². The number of benzene rings is 1. The molecule has 0 bridgehead atoms. The summed E-state index contributed by atoms with van der Waals surface area (Å²) in [7, 11) is 0. The first-order valence-corrected chi connectivity index (χ1v) is 9.06. The number of nitrogens with two attached hydrogens (primary N) is 1. The Bertz CT molecular complexity index is 844. The smallest absolute Gasteiger partial charge is 0.231 e. The number of thioether (sulfide) groups is 1. The molecular weight excluding hydrogens is 344 g/mol. The van der Waals surface area contributed by atoms with E-state index in [1.807, 2.05) is 36.6 Å². The fourth-order valence-electron chi connectivity index (χ4n) is 2.00. The third-order valence-corrected chi connectivity index (χ3v) is 4.94. The molecule has 0 radical (unpaired) electrons. The number of nitrogens with one attached hydrogen (secondary N) is 2. The number of hydrogen-bond acceptors (Lipinski definition) is 7. The minimum atomic E-state index is -0.0698. The van der Waals surface area contributed by atoms with Crippen molar-refractivity contribution in [1.29, 1.82) is 0 Å². The second-order valence-electron chi connectivity index (χ2n) is 5.06. The zero-order chi connectivity index (χ0) is 16.9. The third-order valence-electron chi connectivity index (χ3n) is 3.16. The van der Waals surface area contributed by atoms with E-state index >= 15 is 0 Å². The molecule has 0 unspecified atom stereocenters. The van der Waals surface area contributed by atoms with E-state index in [4.69, 9.17) is 5.73 Å². The molecule has 1 amide bonds. The van der Waals surface area contributed by atoms with E-state index in [0.717, 1.165) is 22.0 Å². The molecule has 2 aromatic heterocycles. The van der Waals surface area contributed by atoms with Crippen LogP contribution in [-0.4, -0.2) is 26.1 Å². The molecule has 3 aromatic rings. The van der Waals surface area contributed by atoms with Crippen molar-refractivity contribution in [2.75, 3.05) is 11.1 Å². The number of nitrogens with zero attached hydrogens (tertiary/aromatic N) is 3. The average molecular weight is 360 g/mol. The van der Waals surface area contributed by atoms with Crippen molar-refractivity contribution in [3.05, 3.63) is 45.9 Å². The third kappa shape index (κ3) is 4.33. The van der Waals surface area contributed by atoms with Crippen LogP contribution in [0.1, 0.15) is 16.3 Å². The summed E-state index contributed by atoms with van der Waals surface area (Å²) in [6, 6.07) is 7.69. The summed E-state index contributed by atoms with van der Waals surface area (Å²) in [5.74, 6) is 0.858. The molecule has 9 heteroatoms. The molecule has 7 nitrogen and oxygen atoms in total. The number of amides is 1. The van der Waals surface area contributed by atoms with Crippen molar-refractivity contribution >= 4 is 40.6 Å². The fourth-order valence-corrected chi connectivity index (χ4v) is 3.60. The highest BCUT2D eigenvalue weighted by Crippen LogP contribution is 2.21. The molecule has 0 aliphatic carbocycles.